The van der Waals surface area contributed by atoms with E-state index in [1.54, 1.807) is 14.0 Å². The molecule has 0 spiro atoms. The standard InChI is InChI=1S/C13H21N3O3S/c1-5-19-12(17)10-9-14-13(20-4)15-11(10)16(2)7-6-8-18-3/h9H,5-8H2,1-4H3. The Morgan fingerprint density at radius 2 is 2.25 bits per heavy atom. The summed E-state index contributed by atoms with van der Waals surface area (Å²) in [5.41, 5.74) is 0.393. The van der Waals surface area contributed by atoms with E-state index in [2.05, 4.69) is 9.97 Å². The summed E-state index contributed by atoms with van der Waals surface area (Å²) in [6.45, 7) is 3.51. The third kappa shape index (κ3) is 4.64. The van der Waals surface area contributed by atoms with Crippen molar-refractivity contribution < 1.29 is 14.3 Å². The number of methoxy groups -OCH3 is 1. The molecule has 0 radical (unpaired) electrons. The Balaban J connectivity index is 2.96. The molecule has 0 fully saturated rings. The molecule has 0 saturated carbocycles. The maximum Gasteiger partial charge on any atom is 0.343 e. The highest BCUT2D eigenvalue weighted by Gasteiger charge is 2.18. The summed E-state index contributed by atoms with van der Waals surface area (Å²) < 4.78 is 10.1. The zero-order valence-electron chi connectivity index (χ0n) is 12.4. The van der Waals surface area contributed by atoms with Crippen molar-refractivity contribution in [1.29, 1.82) is 0 Å². The van der Waals surface area contributed by atoms with E-state index >= 15 is 0 Å². The first-order valence-electron chi connectivity index (χ1n) is 6.42. The number of rotatable bonds is 8. The van der Waals surface area contributed by atoms with Crippen LogP contribution in [0.4, 0.5) is 5.82 Å². The van der Waals surface area contributed by atoms with Crippen LogP contribution in [0.25, 0.3) is 0 Å². The van der Waals surface area contributed by atoms with Crippen molar-refractivity contribution in [2.24, 2.45) is 0 Å². The van der Waals surface area contributed by atoms with Gasteiger partial charge in [0.25, 0.3) is 0 Å². The largest absolute Gasteiger partial charge is 0.462 e. The van der Waals surface area contributed by atoms with Gasteiger partial charge in [-0.2, -0.15) is 0 Å². The summed E-state index contributed by atoms with van der Waals surface area (Å²) in [4.78, 5) is 22.4. The van der Waals surface area contributed by atoms with Crippen molar-refractivity contribution >= 4 is 23.5 Å². The van der Waals surface area contributed by atoms with Crippen LogP contribution in [0.2, 0.25) is 0 Å². The Morgan fingerprint density at radius 3 is 2.85 bits per heavy atom. The van der Waals surface area contributed by atoms with Gasteiger partial charge >= 0.3 is 5.97 Å². The molecule has 1 aromatic heterocycles. The highest BCUT2D eigenvalue weighted by atomic mass is 32.2. The average molecular weight is 299 g/mol. The summed E-state index contributed by atoms with van der Waals surface area (Å²) in [5, 5.41) is 0.631. The summed E-state index contributed by atoms with van der Waals surface area (Å²) >= 11 is 1.44. The molecule has 6 nitrogen and oxygen atoms in total. The van der Waals surface area contributed by atoms with E-state index in [0.717, 1.165) is 13.0 Å². The molecule has 0 atom stereocenters. The van der Waals surface area contributed by atoms with E-state index in [-0.39, 0.29) is 0 Å². The lowest BCUT2D eigenvalue weighted by atomic mass is 10.3. The Labute approximate surface area is 123 Å². The topological polar surface area (TPSA) is 64.5 Å². The lowest BCUT2D eigenvalue weighted by Crippen LogP contribution is -2.24. The third-order valence-electron chi connectivity index (χ3n) is 2.63. The van der Waals surface area contributed by atoms with Gasteiger partial charge in [0.1, 0.15) is 11.4 Å². The van der Waals surface area contributed by atoms with Crippen molar-refractivity contribution in [2.45, 2.75) is 18.5 Å². The Hall–Kier alpha value is -1.34. The van der Waals surface area contributed by atoms with E-state index in [0.29, 0.717) is 29.8 Å². The number of thioether (sulfide) groups is 1. The maximum atomic E-state index is 11.9. The number of aromatic nitrogens is 2. The van der Waals surface area contributed by atoms with Gasteiger partial charge in [-0.15, -0.1) is 0 Å². The van der Waals surface area contributed by atoms with E-state index in [4.69, 9.17) is 9.47 Å². The number of esters is 1. The monoisotopic (exact) mass is 299 g/mol. The minimum absolute atomic E-state index is 0.329. The first-order chi connectivity index (χ1) is 9.63. The zero-order chi connectivity index (χ0) is 15.0. The van der Waals surface area contributed by atoms with Crippen LogP contribution in [-0.2, 0) is 9.47 Å². The van der Waals surface area contributed by atoms with Gasteiger partial charge in [-0.3, -0.25) is 0 Å². The third-order valence-corrected chi connectivity index (χ3v) is 3.19. The minimum atomic E-state index is -0.395. The molecule has 0 amide bonds. The van der Waals surface area contributed by atoms with Crippen LogP contribution in [0.5, 0.6) is 0 Å². The summed E-state index contributed by atoms with van der Waals surface area (Å²) in [5.74, 6) is 0.202. The fraction of sp³-hybridized carbons (Fsp3) is 0.615. The number of ether oxygens (including phenoxy) is 2. The summed E-state index contributed by atoms with van der Waals surface area (Å²) in [6.07, 6.45) is 4.28. The molecule has 7 heteroatoms. The van der Waals surface area contributed by atoms with Gasteiger partial charge in [-0.1, -0.05) is 11.8 Å². The number of carbonyl (C=O) groups is 1. The molecule has 20 heavy (non-hydrogen) atoms. The van der Waals surface area contributed by atoms with E-state index < -0.39 is 5.97 Å². The first kappa shape index (κ1) is 16.7. The van der Waals surface area contributed by atoms with Crippen molar-refractivity contribution in [2.75, 3.05) is 45.1 Å². The predicted octanol–water partition coefficient (Wildman–Crippen LogP) is 1.85. The van der Waals surface area contributed by atoms with Crippen LogP contribution < -0.4 is 4.90 Å². The van der Waals surface area contributed by atoms with Crippen LogP contribution in [0.15, 0.2) is 11.4 Å². The van der Waals surface area contributed by atoms with Gasteiger partial charge in [0, 0.05) is 33.5 Å². The highest BCUT2D eigenvalue weighted by molar-refractivity contribution is 7.98. The van der Waals surface area contributed by atoms with E-state index in [1.165, 1.54) is 18.0 Å². The predicted molar refractivity (Wildman–Crippen MR) is 79.5 cm³/mol. The number of nitrogens with zero attached hydrogens (tertiary/aromatic N) is 3. The second-order valence-electron chi connectivity index (χ2n) is 4.08. The molecule has 0 bridgehead atoms. The SMILES string of the molecule is CCOC(=O)c1cnc(SC)nc1N(C)CCCOC. The van der Waals surface area contributed by atoms with Gasteiger partial charge in [-0.25, -0.2) is 14.8 Å². The first-order valence-corrected chi connectivity index (χ1v) is 7.64. The van der Waals surface area contributed by atoms with Crippen LogP contribution >= 0.6 is 11.8 Å². The normalized spacial score (nSPS) is 10.4. The molecule has 0 N–H and O–H groups in total. The van der Waals surface area contributed by atoms with Gasteiger partial charge < -0.3 is 14.4 Å². The number of hydrogen-bond donors (Lipinski definition) is 0. The number of carbonyl (C=O) groups excluding carboxylic acids is 1. The molecule has 0 aliphatic rings. The molecule has 0 saturated heterocycles. The van der Waals surface area contributed by atoms with Crippen LogP contribution in [0.1, 0.15) is 23.7 Å². The fourth-order valence-electron chi connectivity index (χ4n) is 1.65. The van der Waals surface area contributed by atoms with Gasteiger partial charge in [0.15, 0.2) is 5.16 Å². The quantitative estimate of drug-likeness (QED) is 0.314. The van der Waals surface area contributed by atoms with Crippen LogP contribution in [-0.4, -0.2) is 56.1 Å². The summed E-state index contributed by atoms with van der Waals surface area (Å²) in [6, 6.07) is 0. The molecule has 1 heterocycles. The lowest BCUT2D eigenvalue weighted by Gasteiger charge is -2.20. The van der Waals surface area contributed by atoms with E-state index in [9.17, 15) is 4.79 Å². The van der Waals surface area contributed by atoms with Crippen molar-refractivity contribution in [1.82, 2.24) is 9.97 Å². The highest BCUT2D eigenvalue weighted by Crippen LogP contribution is 2.20. The van der Waals surface area contributed by atoms with Crippen molar-refractivity contribution in [3.8, 4) is 0 Å². The molecule has 0 unspecified atom stereocenters. The fourth-order valence-corrected chi connectivity index (χ4v) is 1.99. The Bertz CT molecular complexity index is 443. The maximum absolute atomic E-state index is 11.9. The Morgan fingerprint density at radius 1 is 1.50 bits per heavy atom. The smallest absolute Gasteiger partial charge is 0.343 e. The molecule has 0 aliphatic carbocycles. The van der Waals surface area contributed by atoms with Crippen molar-refractivity contribution in [3.63, 3.8) is 0 Å². The lowest BCUT2D eigenvalue weighted by molar-refractivity contribution is 0.0526. The molecule has 112 valence electrons. The van der Waals surface area contributed by atoms with Crippen LogP contribution in [0.3, 0.4) is 0 Å². The minimum Gasteiger partial charge on any atom is -0.462 e. The Kier molecular flexibility index (Phi) is 7.32. The number of hydrogen-bond acceptors (Lipinski definition) is 7. The second kappa shape index (κ2) is 8.76. The van der Waals surface area contributed by atoms with E-state index in [1.807, 2.05) is 18.2 Å². The molecule has 1 rings (SSSR count). The molecule has 1 aromatic rings. The molecule has 0 aromatic carbocycles. The average Bonchev–Trinajstić information content (AvgIpc) is 2.47. The van der Waals surface area contributed by atoms with Crippen molar-refractivity contribution in [3.05, 3.63) is 11.8 Å². The molecular formula is C13H21N3O3S. The zero-order valence-corrected chi connectivity index (χ0v) is 13.2. The number of anilines is 1. The molecular weight excluding hydrogens is 278 g/mol. The second-order valence-corrected chi connectivity index (χ2v) is 4.86. The summed E-state index contributed by atoms with van der Waals surface area (Å²) in [7, 11) is 3.56. The van der Waals surface area contributed by atoms with Gasteiger partial charge in [-0.05, 0) is 19.6 Å². The molecule has 0 aliphatic heterocycles. The van der Waals surface area contributed by atoms with Gasteiger partial charge in [0.2, 0.25) is 0 Å². The van der Waals surface area contributed by atoms with Crippen LogP contribution in [0, 0.1) is 0 Å². The van der Waals surface area contributed by atoms with Gasteiger partial charge in [0.05, 0.1) is 6.61 Å².